The van der Waals surface area contributed by atoms with Crippen molar-refractivity contribution in [1.82, 2.24) is 15.0 Å². The zero-order chi connectivity index (χ0) is 20.7. The molecule has 0 aliphatic rings. The molecule has 6 nitrogen and oxygen atoms in total. The minimum atomic E-state index is -0.0324. The van der Waals surface area contributed by atoms with Gasteiger partial charge in [-0.3, -0.25) is 0 Å². The van der Waals surface area contributed by atoms with Crippen molar-refractivity contribution >= 4 is 45.0 Å². The lowest BCUT2D eigenvalue weighted by Gasteiger charge is -2.07. The van der Waals surface area contributed by atoms with Gasteiger partial charge in [0.15, 0.2) is 17.2 Å². The Morgan fingerprint density at radius 1 is 1.00 bits per heavy atom. The third kappa shape index (κ3) is 3.17. The van der Waals surface area contributed by atoms with Crippen LogP contribution >= 0.6 is 11.6 Å². The van der Waals surface area contributed by atoms with Crippen LogP contribution in [0.4, 0.5) is 11.5 Å². The van der Waals surface area contributed by atoms with Crippen LogP contribution in [-0.2, 0) is 0 Å². The maximum absolute atomic E-state index is 10.4. The first-order valence-electron chi connectivity index (χ1n) is 9.34. The molecular weight excluding hydrogens is 398 g/mol. The Morgan fingerprint density at radius 2 is 1.83 bits per heavy atom. The maximum atomic E-state index is 10.4. The van der Waals surface area contributed by atoms with Gasteiger partial charge in [0.1, 0.15) is 0 Å². The van der Waals surface area contributed by atoms with E-state index in [1.807, 2.05) is 67.6 Å². The number of pyridine rings is 2. The topological polar surface area (TPSA) is 86.5 Å². The first-order valence-corrected chi connectivity index (χ1v) is 9.71. The summed E-state index contributed by atoms with van der Waals surface area (Å²) in [5.41, 5.74) is 4.49. The van der Waals surface area contributed by atoms with E-state index in [1.54, 1.807) is 6.20 Å². The van der Waals surface area contributed by atoms with Gasteiger partial charge in [-0.2, -0.15) is 0 Å². The van der Waals surface area contributed by atoms with Crippen molar-refractivity contribution in [2.75, 3.05) is 0 Å². The van der Waals surface area contributed by atoms with E-state index in [-0.39, 0.29) is 5.88 Å². The van der Waals surface area contributed by atoms with Gasteiger partial charge in [0.05, 0.1) is 5.52 Å². The van der Waals surface area contributed by atoms with Gasteiger partial charge in [0.2, 0.25) is 5.88 Å². The molecule has 0 radical (unpaired) electrons. The van der Waals surface area contributed by atoms with Crippen molar-refractivity contribution in [3.05, 3.63) is 77.4 Å². The Balaban J connectivity index is 1.69. The van der Waals surface area contributed by atoms with Gasteiger partial charge in [-0.05, 0) is 48.4 Å². The second kappa shape index (κ2) is 7.24. The van der Waals surface area contributed by atoms with Gasteiger partial charge in [0.25, 0.3) is 0 Å². The number of hydrogen-bond acceptors (Lipinski definition) is 5. The molecule has 0 spiro atoms. The molecule has 5 aromatic rings. The van der Waals surface area contributed by atoms with Gasteiger partial charge in [-0.25, -0.2) is 9.97 Å². The molecule has 30 heavy (non-hydrogen) atoms. The molecule has 3 aromatic heterocycles. The van der Waals surface area contributed by atoms with Crippen molar-refractivity contribution in [2.24, 2.45) is 10.2 Å². The number of rotatable bonds is 3. The van der Waals surface area contributed by atoms with Crippen molar-refractivity contribution in [2.45, 2.75) is 6.92 Å². The number of nitrogens with zero attached hydrogens (tertiary/aromatic N) is 4. The number of H-pyrrole nitrogens is 1. The Hall–Kier alpha value is -3.77. The molecule has 0 amide bonds. The number of nitrogens with one attached hydrogen (secondary N) is 1. The first kappa shape index (κ1) is 18.3. The molecule has 0 atom stereocenters. The van der Waals surface area contributed by atoms with Crippen LogP contribution in [0.1, 0.15) is 5.56 Å². The summed E-state index contributed by atoms with van der Waals surface area (Å²) in [6, 6.07) is 19.0. The fraction of sp³-hybridized carbons (Fsp3) is 0.0435. The molecule has 0 aliphatic carbocycles. The number of fused-ring (bicyclic) bond motifs is 2. The molecule has 0 saturated carbocycles. The predicted molar refractivity (Wildman–Crippen MR) is 119 cm³/mol. The first-order chi connectivity index (χ1) is 14.6. The van der Waals surface area contributed by atoms with Crippen molar-refractivity contribution in [3.8, 4) is 17.0 Å². The number of benzene rings is 2. The molecule has 0 bridgehead atoms. The van der Waals surface area contributed by atoms with E-state index in [4.69, 9.17) is 11.6 Å². The molecule has 7 heteroatoms. The summed E-state index contributed by atoms with van der Waals surface area (Å²) in [7, 11) is 0. The third-order valence-electron chi connectivity index (χ3n) is 4.96. The number of aromatic amines is 1. The lowest BCUT2D eigenvalue weighted by Crippen LogP contribution is -1.87. The second-order valence-corrected chi connectivity index (χ2v) is 7.37. The molecule has 0 unspecified atom stereocenters. The second-order valence-electron chi connectivity index (χ2n) is 6.94. The fourth-order valence-corrected chi connectivity index (χ4v) is 3.57. The summed E-state index contributed by atoms with van der Waals surface area (Å²) in [5.74, 6) is 0.375. The molecule has 0 saturated heterocycles. The molecule has 5 rings (SSSR count). The summed E-state index contributed by atoms with van der Waals surface area (Å²) in [4.78, 5) is 11.9. The molecule has 2 aromatic carbocycles. The number of aryl methyl sites for hydroxylation is 1. The van der Waals surface area contributed by atoms with Crippen LogP contribution in [0.15, 0.2) is 77.1 Å². The standard InChI is InChI=1S/C23H16ClN5O/c1-13-4-2-6-17-19(13)26-23(30)20(17)28-29-22-18(14-7-9-16(24)10-8-14)12-15-5-3-11-25-21(15)27-22/h2-12,26,30H,1H3. The van der Waals surface area contributed by atoms with E-state index < -0.39 is 0 Å². The minimum absolute atomic E-state index is 0.0324. The zero-order valence-electron chi connectivity index (χ0n) is 16.0. The molecule has 2 N–H and O–H groups in total. The zero-order valence-corrected chi connectivity index (χ0v) is 16.7. The van der Waals surface area contributed by atoms with E-state index in [9.17, 15) is 5.11 Å². The van der Waals surface area contributed by atoms with Crippen LogP contribution in [0.25, 0.3) is 33.1 Å². The number of aromatic hydroxyl groups is 1. The van der Waals surface area contributed by atoms with Crippen LogP contribution < -0.4 is 0 Å². The molecule has 3 heterocycles. The highest BCUT2D eigenvalue weighted by Gasteiger charge is 2.14. The van der Waals surface area contributed by atoms with Crippen molar-refractivity contribution in [3.63, 3.8) is 0 Å². The van der Waals surface area contributed by atoms with E-state index >= 15 is 0 Å². The van der Waals surface area contributed by atoms with Crippen LogP contribution in [-0.4, -0.2) is 20.1 Å². The van der Waals surface area contributed by atoms with E-state index in [0.29, 0.717) is 22.2 Å². The van der Waals surface area contributed by atoms with Gasteiger partial charge in [0, 0.05) is 27.6 Å². The quantitative estimate of drug-likeness (QED) is 0.316. The van der Waals surface area contributed by atoms with E-state index in [2.05, 4.69) is 25.2 Å². The van der Waals surface area contributed by atoms with Crippen LogP contribution in [0.5, 0.6) is 5.88 Å². The number of aromatic nitrogens is 3. The number of halogens is 1. The fourth-order valence-electron chi connectivity index (χ4n) is 3.45. The highest BCUT2D eigenvalue weighted by molar-refractivity contribution is 6.30. The molecule has 146 valence electrons. The minimum Gasteiger partial charge on any atom is -0.493 e. The average Bonchev–Trinajstić information content (AvgIpc) is 3.09. The van der Waals surface area contributed by atoms with Gasteiger partial charge < -0.3 is 10.1 Å². The maximum Gasteiger partial charge on any atom is 0.218 e. The van der Waals surface area contributed by atoms with Crippen molar-refractivity contribution < 1.29 is 5.11 Å². The summed E-state index contributed by atoms with van der Waals surface area (Å²) in [5, 5.41) is 21.5. The van der Waals surface area contributed by atoms with E-state index in [0.717, 1.165) is 33.0 Å². The highest BCUT2D eigenvalue weighted by atomic mass is 35.5. The monoisotopic (exact) mass is 413 g/mol. The molecule has 0 fully saturated rings. The van der Waals surface area contributed by atoms with Crippen molar-refractivity contribution in [1.29, 1.82) is 0 Å². The van der Waals surface area contributed by atoms with Crippen LogP contribution in [0.3, 0.4) is 0 Å². The predicted octanol–water partition coefficient (Wildman–Crippen LogP) is 6.86. The van der Waals surface area contributed by atoms with Gasteiger partial charge >= 0.3 is 0 Å². The lowest BCUT2D eigenvalue weighted by atomic mass is 10.1. The Labute approximate surface area is 176 Å². The molecule has 0 aliphatic heterocycles. The van der Waals surface area contributed by atoms with E-state index in [1.165, 1.54) is 0 Å². The lowest BCUT2D eigenvalue weighted by molar-refractivity contribution is 0.459. The Bertz CT molecular complexity index is 1420. The number of hydrogen-bond donors (Lipinski definition) is 2. The summed E-state index contributed by atoms with van der Waals surface area (Å²) >= 11 is 6.05. The summed E-state index contributed by atoms with van der Waals surface area (Å²) in [6.45, 7) is 1.97. The Kier molecular flexibility index (Phi) is 4.41. The normalized spacial score (nSPS) is 11.7. The smallest absolute Gasteiger partial charge is 0.218 e. The SMILES string of the molecule is Cc1cccc2c(N=Nc3nc4ncccc4cc3-c3ccc(Cl)cc3)c(O)[nH]c12. The third-order valence-corrected chi connectivity index (χ3v) is 5.22. The van der Waals surface area contributed by atoms with Gasteiger partial charge in [-0.1, -0.05) is 41.9 Å². The summed E-state index contributed by atoms with van der Waals surface area (Å²) < 4.78 is 0. The number of para-hydroxylation sites is 1. The highest BCUT2D eigenvalue weighted by Crippen LogP contribution is 2.39. The van der Waals surface area contributed by atoms with Crippen LogP contribution in [0.2, 0.25) is 5.02 Å². The largest absolute Gasteiger partial charge is 0.493 e. The van der Waals surface area contributed by atoms with Crippen LogP contribution in [0, 0.1) is 6.92 Å². The Morgan fingerprint density at radius 3 is 2.67 bits per heavy atom. The average molecular weight is 414 g/mol. The summed E-state index contributed by atoms with van der Waals surface area (Å²) in [6.07, 6.45) is 1.69. The van der Waals surface area contributed by atoms with Gasteiger partial charge in [-0.15, -0.1) is 10.2 Å². The number of azo groups is 1. The molecular formula is C23H16ClN5O.